The molecule has 3 aromatic carbocycles. The maximum Gasteiger partial charge on any atom is 0.295 e. The van der Waals surface area contributed by atoms with Crippen LogP contribution >= 0.6 is 11.6 Å². The maximum atomic E-state index is 13.8. The second-order valence-corrected chi connectivity index (χ2v) is 9.48. The van der Waals surface area contributed by atoms with E-state index < -0.39 is 6.04 Å². The number of carbonyl (C=O) groups excluding carboxylic acids is 1. The quantitative estimate of drug-likeness (QED) is 0.220. The summed E-state index contributed by atoms with van der Waals surface area (Å²) in [6, 6.07) is 18.9. The van der Waals surface area contributed by atoms with Crippen molar-refractivity contribution in [2.24, 2.45) is 0 Å². The summed E-state index contributed by atoms with van der Waals surface area (Å²) in [6.45, 7) is 2.76. The molecule has 0 N–H and O–H groups in total. The summed E-state index contributed by atoms with van der Waals surface area (Å²) in [4.78, 5) is 29.1. The summed E-state index contributed by atoms with van der Waals surface area (Å²) in [7, 11) is 1.58. The molecule has 37 heavy (non-hydrogen) atoms. The monoisotopic (exact) mass is 517 g/mol. The van der Waals surface area contributed by atoms with E-state index in [1.54, 1.807) is 30.2 Å². The van der Waals surface area contributed by atoms with E-state index >= 15 is 0 Å². The van der Waals surface area contributed by atoms with E-state index in [4.69, 9.17) is 25.5 Å². The predicted octanol–water partition coefficient (Wildman–Crippen LogP) is 7.16. The lowest BCUT2D eigenvalue weighted by atomic mass is 9.97. The van der Waals surface area contributed by atoms with Gasteiger partial charge in [0, 0.05) is 10.7 Å². The van der Waals surface area contributed by atoms with Crippen LogP contribution in [0.5, 0.6) is 11.5 Å². The van der Waals surface area contributed by atoms with Gasteiger partial charge in [-0.3, -0.25) is 14.5 Å². The van der Waals surface area contributed by atoms with Crippen molar-refractivity contribution < 1.29 is 18.7 Å². The number of ether oxygens (including phenoxy) is 2. The molecule has 0 saturated heterocycles. The Balaban J connectivity index is 1.62. The zero-order valence-corrected chi connectivity index (χ0v) is 21.6. The Bertz CT molecular complexity index is 1500. The first-order valence-corrected chi connectivity index (χ1v) is 12.9. The number of rotatable bonds is 9. The van der Waals surface area contributed by atoms with Crippen molar-refractivity contribution in [2.75, 3.05) is 18.6 Å². The van der Waals surface area contributed by atoms with Crippen LogP contribution in [0.25, 0.3) is 11.0 Å². The molecule has 6 nitrogen and oxygen atoms in total. The number of benzene rings is 3. The lowest BCUT2D eigenvalue weighted by Gasteiger charge is -2.26. The third kappa shape index (κ3) is 4.69. The fraction of sp³-hybridized carbons (Fsp3) is 0.267. The Hall–Kier alpha value is -3.77. The van der Waals surface area contributed by atoms with Crippen molar-refractivity contribution in [3.63, 3.8) is 0 Å². The van der Waals surface area contributed by atoms with E-state index in [0.717, 1.165) is 19.3 Å². The van der Waals surface area contributed by atoms with Gasteiger partial charge in [0.15, 0.2) is 16.9 Å². The maximum absolute atomic E-state index is 13.8. The van der Waals surface area contributed by atoms with Crippen LogP contribution in [0, 0.1) is 0 Å². The molecule has 4 aromatic rings. The zero-order chi connectivity index (χ0) is 25.9. The molecule has 2 heterocycles. The van der Waals surface area contributed by atoms with Crippen LogP contribution in [0.4, 0.5) is 5.69 Å². The molecule has 1 unspecified atom stereocenters. The van der Waals surface area contributed by atoms with Crippen molar-refractivity contribution in [3.05, 3.63) is 98.9 Å². The number of carbonyl (C=O) groups is 1. The Morgan fingerprint density at radius 3 is 2.51 bits per heavy atom. The molecule has 1 amide bonds. The number of hydrogen-bond donors (Lipinski definition) is 0. The number of amides is 1. The van der Waals surface area contributed by atoms with Crippen LogP contribution in [0.3, 0.4) is 0 Å². The van der Waals surface area contributed by atoms with Crippen LogP contribution in [0.2, 0.25) is 5.02 Å². The van der Waals surface area contributed by atoms with Gasteiger partial charge in [-0.2, -0.15) is 0 Å². The Labute approximate surface area is 220 Å². The molecule has 0 saturated carbocycles. The van der Waals surface area contributed by atoms with Crippen molar-refractivity contribution in [2.45, 2.75) is 38.6 Å². The Morgan fingerprint density at radius 1 is 0.946 bits per heavy atom. The van der Waals surface area contributed by atoms with Gasteiger partial charge in [0.05, 0.1) is 30.7 Å². The van der Waals surface area contributed by atoms with Gasteiger partial charge in [0.2, 0.25) is 5.76 Å². The number of methoxy groups -OCH3 is 1. The third-order valence-electron chi connectivity index (χ3n) is 6.63. The van der Waals surface area contributed by atoms with E-state index in [2.05, 4.69) is 6.92 Å². The van der Waals surface area contributed by atoms with Crippen LogP contribution in [0.1, 0.15) is 60.3 Å². The second-order valence-electron chi connectivity index (χ2n) is 9.05. The number of anilines is 1. The van der Waals surface area contributed by atoms with Crippen molar-refractivity contribution in [1.82, 2.24) is 0 Å². The average Bonchev–Trinajstić information content (AvgIpc) is 3.22. The topological polar surface area (TPSA) is 69.0 Å². The molecule has 1 aliphatic heterocycles. The van der Waals surface area contributed by atoms with Gasteiger partial charge in [-0.05, 0) is 54.4 Å². The molecular formula is C30H28ClNO5. The van der Waals surface area contributed by atoms with Gasteiger partial charge >= 0.3 is 0 Å². The minimum absolute atomic E-state index is 0.0314. The van der Waals surface area contributed by atoms with E-state index in [0.29, 0.717) is 45.3 Å². The highest BCUT2D eigenvalue weighted by atomic mass is 35.5. The standard InChI is InChI=1S/C30H28ClNO5/c1-3-4-5-9-16-36-24-14-12-19(17-25(24)35-2)27-26-28(33)22-18-20(31)13-15-23(22)37-29(26)30(34)32(27)21-10-7-6-8-11-21/h6-8,10-15,17-18,27H,3-5,9,16H2,1-2H3. The van der Waals surface area contributed by atoms with Gasteiger partial charge < -0.3 is 13.9 Å². The smallest absolute Gasteiger partial charge is 0.295 e. The van der Waals surface area contributed by atoms with E-state index in [1.165, 1.54) is 6.42 Å². The first-order valence-electron chi connectivity index (χ1n) is 12.5. The largest absolute Gasteiger partial charge is 0.493 e. The zero-order valence-electron chi connectivity index (χ0n) is 20.8. The predicted molar refractivity (Wildman–Crippen MR) is 145 cm³/mol. The number of unbranched alkanes of at least 4 members (excludes halogenated alkanes) is 3. The average molecular weight is 518 g/mol. The van der Waals surface area contributed by atoms with Crippen LogP contribution in [-0.2, 0) is 0 Å². The van der Waals surface area contributed by atoms with E-state index in [-0.39, 0.29) is 22.7 Å². The second kappa shape index (κ2) is 10.7. The SMILES string of the molecule is CCCCCCOc1ccc(C2c3c(oc4ccc(Cl)cc4c3=O)C(=O)N2c2ccccc2)cc1OC. The molecule has 190 valence electrons. The fourth-order valence-electron chi connectivity index (χ4n) is 4.80. The first kappa shape index (κ1) is 24.9. The molecule has 5 rings (SSSR count). The molecular weight excluding hydrogens is 490 g/mol. The molecule has 0 fully saturated rings. The third-order valence-corrected chi connectivity index (χ3v) is 6.86. The normalized spacial score (nSPS) is 14.7. The molecule has 1 aromatic heterocycles. The minimum atomic E-state index is -0.711. The highest BCUT2D eigenvalue weighted by Crippen LogP contribution is 2.43. The summed E-state index contributed by atoms with van der Waals surface area (Å²) < 4.78 is 17.7. The van der Waals surface area contributed by atoms with Gasteiger partial charge in [0.25, 0.3) is 5.91 Å². The number of halogens is 1. The molecule has 0 bridgehead atoms. The summed E-state index contributed by atoms with van der Waals surface area (Å²) in [5, 5.41) is 0.751. The summed E-state index contributed by atoms with van der Waals surface area (Å²) in [6.07, 6.45) is 4.40. The Kier molecular flexibility index (Phi) is 7.19. The van der Waals surface area contributed by atoms with Crippen molar-refractivity contribution in [3.8, 4) is 11.5 Å². The number of nitrogens with zero attached hydrogens (tertiary/aromatic N) is 1. The van der Waals surface area contributed by atoms with E-state index in [9.17, 15) is 9.59 Å². The van der Waals surface area contributed by atoms with Crippen LogP contribution in [-0.4, -0.2) is 19.6 Å². The van der Waals surface area contributed by atoms with Crippen LogP contribution in [0.15, 0.2) is 75.9 Å². The Morgan fingerprint density at radius 2 is 1.76 bits per heavy atom. The summed E-state index contributed by atoms with van der Waals surface area (Å²) in [5.74, 6) is 0.810. The molecule has 0 spiro atoms. The van der Waals surface area contributed by atoms with Crippen molar-refractivity contribution >= 4 is 34.2 Å². The summed E-state index contributed by atoms with van der Waals surface area (Å²) in [5.41, 5.74) is 1.67. The lowest BCUT2D eigenvalue weighted by Crippen LogP contribution is -2.29. The number of fused-ring (bicyclic) bond motifs is 2. The van der Waals surface area contributed by atoms with Gasteiger partial charge in [-0.1, -0.05) is 62.1 Å². The molecule has 1 atom stereocenters. The molecule has 1 aliphatic rings. The highest BCUT2D eigenvalue weighted by molar-refractivity contribution is 6.31. The molecule has 0 aliphatic carbocycles. The van der Waals surface area contributed by atoms with Crippen LogP contribution < -0.4 is 19.8 Å². The minimum Gasteiger partial charge on any atom is -0.493 e. The van der Waals surface area contributed by atoms with Crippen molar-refractivity contribution in [1.29, 1.82) is 0 Å². The van der Waals surface area contributed by atoms with Gasteiger partial charge in [-0.25, -0.2) is 0 Å². The number of hydrogen-bond acceptors (Lipinski definition) is 5. The molecule has 0 radical (unpaired) electrons. The number of para-hydroxylation sites is 1. The molecule has 7 heteroatoms. The van der Waals surface area contributed by atoms with E-state index in [1.807, 2.05) is 48.5 Å². The van der Waals surface area contributed by atoms with Gasteiger partial charge in [0.1, 0.15) is 5.58 Å². The first-order chi connectivity index (χ1) is 18.0. The summed E-state index contributed by atoms with van der Waals surface area (Å²) >= 11 is 6.19. The highest BCUT2D eigenvalue weighted by Gasteiger charge is 2.43. The fourth-order valence-corrected chi connectivity index (χ4v) is 4.97. The lowest BCUT2D eigenvalue weighted by molar-refractivity contribution is 0.0971. The van der Waals surface area contributed by atoms with Gasteiger partial charge in [-0.15, -0.1) is 0 Å².